The van der Waals surface area contributed by atoms with Gasteiger partial charge in [0.25, 0.3) is 5.91 Å². The molecule has 1 N–H and O–H groups in total. The molecule has 0 saturated heterocycles. The average Bonchev–Trinajstić information content (AvgIpc) is 3.64. The number of carbonyl (C=O) groups excluding carboxylic acids is 2. The Morgan fingerprint density at radius 3 is 2.79 bits per heavy atom. The van der Waals surface area contributed by atoms with Gasteiger partial charge >= 0.3 is 0 Å². The van der Waals surface area contributed by atoms with Crippen LogP contribution in [0.5, 0.6) is 5.75 Å². The summed E-state index contributed by atoms with van der Waals surface area (Å²) in [5, 5.41) is 2.72. The number of ether oxygens (including phenoxy) is 2. The molecule has 2 heterocycles. The van der Waals surface area contributed by atoms with Crippen molar-refractivity contribution in [2.24, 2.45) is 5.92 Å². The predicted octanol–water partition coefficient (Wildman–Crippen LogP) is 4.60. The zero-order valence-corrected chi connectivity index (χ0v) is 22.1. The van der Waals surface area contributed by atoms with Gasteiger partial charge in [-0.3, -0.25) is 9.59 Å². The zero-order valence-electron chi connectivity index (χ0n) is 22.1. The molecule has 1 fully saturated rings. The number of aromatic nitrogens is 1. The molecule has 1 unspecified atom stereocenters. The lowest BCUT2D eigenvalue weighted by Gasteiger charge is -2.39. The highest BCUT2D eigenvalue weighted by atomic mass is 16.5. The highest BCUT2D eigenvalue weighted by molar-refractivity contribution is 5.91. The van der Waals surface area contributed by atoms with E-state index in [-0.39, 0.29) is 36.1 Å². The molecule has 1 aliphatic heterocycles. The Kier molecular flexibility index (Phi) is 8.08. The molecule has 1 saturated carbocycles. The highest BCUT2D eigenvalue weighted by Gasteiger charge is 2.36. The van der Waals surface area contributed by atoms with Crippen molar-refractivity contribution in [2.75, 3.05) is 26.8 Å². The molecule has 0 bridgehead atoms. The van der Waals surface area contributed by atoms with Gasteiger partial charge in [-0.2, -0.15) is 0 Å². The van der Waals surface area contributed by atoms with Gasteiger partial charge in [-0.05, 0) is 55.0 Å². The zero-order chi connectivity index (χ0) is 26.5. The standard InChI is InChI=1S/C30H35N3O5/c1-20-6-5-9-23(16-20)28-25-17-24(37-19-27-32-26(18-38-27)29(34)31-13-15-36-2)11-10-21(25)12-14-33(28)30(35)22-7-3-4-8-22/h5-6,9-11,16-18,22,28H,3-4,7-8,12-15,19H2,1-2H3,(H,31,34). The number of methoxy groups -OCH3 is 1. The molecular weight excluding hydrogens is 482 g/mol. The van der Waals surface area contributed by atoms with Crippen molar-refractivity contribution >= 4 is 11.8 Å². The van der Waals surface area contributed by atoms with Gasteiger partial charge in [0.1, 0.15) is 12.0 Å². The fourth-order valence-corrected chi connectivity index (χ4v) is 5.51. The van der Waals surface area contributed by atoms with Gasteiger partial charge in [-0.15, -0.1) is 0 Å². The van der Waals surface area contributed by atoms with E-state index < -0.39 is 0 Å². The monoisotopic (exact) mass is 517 g/mol. The van der Waals surface area contributed by atoms with Crippen LogP contribution >= 0.6 is 0 Å². The molecular formula is C30H35N3O5. The molecule has 1 atom stereocenters. The van der Waals surface area contributed by atoms with Gasteiger partial charge in [-0.25, -0.2) is 4.98 Å². The maximum Gasteiger partial charge on any atom is 0.273 e. The van der Waals surface area contributed by atoms with Gasteiger partial charge in [0.05, 0.1) is 12.6 Å². The first kappa shape index (κ1) is 26.0. The summed E-state index contributed by atoms with van der Waals surface area (Å²) in [4.78, 5) is 32.2. The molecule has 38 heavy (non-hydrogen) atoms. The third-order valence-corrected chi connectivity index (χ3v) is 7.43. The number of nitrogens with zero attached hydrogens (tertiary/aromatic N) is 2. The van der Waals surface area contributed by atoms with E-state index in [1.807, 2.05) is 12.1 Å². The SMILES string of the molecule is COCCNC(=O)c1coc(COc2ccc3c(c2)C(c2cccc(C)c2)N(C(=O)C2CCCC2)CC3)n1. The fraction of sp³-hybridized carbons (Fsp3) is 0.433. The van der Waals surface area contributed by atoms with Crippen LogP contribution in [0.1, 0.15) is 70.4 Å². The number of carbonyl (C=O) groups is 2. The normalized spacial score (nSPS) is 17.3. The third kappa shape index (κ3) is 5.75. The van der Waals surface area contributed by atoms with Crippen molar-refractivity contribution in [3.05, 3.63) is 82.6 Å². The van der Waals surface area contributed by atoms with Crippen molar-refractivity contribution in [3.8, 4) is 5.75 Å². The maximum atomic E-state index is 13.6. The van der Waals surface area contributed by atoms with Crippen LogP contribution in [0, 0.1) is 12.8 Å². The van der Waals surface area contributed by atoms with Crippen LogP contribution in [0.15, 0.2) is 53.1 Å². The van der Waals surface area contributed by atoms with Crippen LogP contribution < -0.4 is 10.1 Å². The van der Waals surface area contributed by atoms with E-state index in [1.54, 1.807) is 7.11 Å². The van der Waals surface area contributed by atoms with Crippen molar-refractivity contribution in [2.45, 2.75) is 51.7 Å². The number of rotatable bonds is 9. The predicted molar refractivity (Wildman–Crippen MR) is 142 cm³/mol. The van der Waals surface area contributed by atoms with Crippen molar-refractivity contribution in [1.82, 2.24) is 15.2 Å². The second kappa shape index (κ2) is 11.8. The number of oxazole rings is 1. The maximum absolute atomic E-state index is 13.6. The molecule has 2 aromatic carbocycles. The van der Waals surface area contributed by atoms with Crippen molar-refractivity contribution in [1.29, 1.82) is 0 Å². The van der Waals surface area contributed by atoms with Crippen LogP contribution in [-0.2, 0) is 22.6 Å². The van der Waals surface area contributed by atoms with Crippen LogP contribution in [0.4, 0.5) is 0 Å². The summed E-state index contributed by atoms with van der Waals surface area (Å²) in [6.45, 7) is 3.70. The second-order valence-electron chi connectivity index (χ2n) is 10.1. The summed E-state index contributed by atoms with van der Waals surface area (Å²) >= 11 is 0. The van der Waals surface area contributed by atoms with Gasteiger partial charge < -0.3 is 24.1 Å². The second-order valence-corrected chi connectivity index (χ2v) is 10.1. The van der Waals surface area contributed by atoms with Crippen molar-refractivity contribution in [3.63, 3.8) is 0 Å². The molecule has 0 radical (unpaired) electrons. The molecule has 1 aromatic heterocycles. The van der Waals surface area contributed by atoms with Crippen LogP contribution in [0.3, 0.4) is 0 Å². The molecule has 200 valence electrons. The molecule has 3 aromatic rings. The lowest BCUT2D eigenvalue weighted by molar-refractivity contribution is -0.137. The minimum Gasteiger partial charge on any atom is -0.484 e. The summed E-state index contributed by atoms with van der Waals surface area (Å²) < 4.78 is 16.4. The number of amides is 2. The first-order valence-corrected chi connectivity index (χ1v) is 13.4. The summed E-state index contributed by atoms with van der Waals surface area (Å²) in [6.07, 6.45) is 6.37. The van der Waals surface area contributed by atoms with E-state index in [2.05, 4.69) is 52.5 Å². The number of nitrogens with one attached hydrogen (secondary N) is 1. The van der Waals surface area contributed by atoms with Gasteiger partial charge in [0.2, 0.25) is 11.8 Å². The Hall–Kier alpha value is -3.65. The van der Waals surface area contributed by atoms with Crippen LogP contribution in [0.25, 0.3) is 0 Å². The van der Waals surface area contributed by atoms with E-state index in [0.29, 0.717) is 31.3 Å². The molecule has 8 heteroatoms. The Labute approximate surface area is 223 Å². The topological polar surface area (TPSA) is 93.9 Å². The van der Waals surface area contributed by atoms with E-state index in [1.165, 1.54) is 17.4 Å². The third-order valence-electron chi connectivity index (χ3n) is 7.43. The van der Waals surface area contributed by atoms with E-state index in [4.69, 9.17) is 13.9 Å². The van der Waals surface area contributed by atoms with Crippen molar-refractivity contribution < 1.29 is 23.5 Å². The number of hydrogen-bond donors (Lipinski definition) is 1. The molecule has 1 aliphatic carbocycles. The average molecular weight is 518 g/mol. The molecule has 0 spiro atoms. The minimum absolute atomic E-state index is 0.0873. The largest absolute Gasteiger partial charge is 0.484 e. The Balaban J connectivity index is 1.36. The first-order valence-electron chi connectivity index (χ1n) is 13.4. The lowest BCUT2D eigenvalue weighted by atomic mass is 9.86. The van der Waals surface area contributed by atoms with Crippen LogP contribution in [0.2, 0.25) is 0 Å². The number of fused-ring (bicyclic) bond motifs is 1. The summed E-state index contributed by atoms with van der Waals surface area (Å²) in [5.74, 6) is 1.05. The molecule has 5 rings (SSSR count). The number of benzene rings is 2. The lowest BCUT2D eigenvalue weighted by Crippen LogP contribution is -2.43. The quantitative estimate of drug-likeness (QED) is 0.417. The molecule has 8 nitrogen and oxygen atoms in total. The summed E-state index contributed by atoms with van der Waals surface area (Å²) in [7, 11) is 1.58. The van der Waals surface area contributed by atoms with Gasteiger partial charge in [-0.1, -0.05) is 48.7 Å². The summed E-state index contributed by atoms with van der Waals surface area (Å²) in [6, 6.07) is 14.4. The summed E-state index contributed by atoms with van der Waals surface area (Å²) in [5.41, 5.74) is 4.81. The van der Waals surface area contributed by atoms with Crippen LogP contribution in [-0.4, -0.2) is 48.5 Å². The molecule has 2 aliphatic rings. The van der Waals surface area contributed by atoms with E-state index in [9.17, 15) is 9.59 Å². The van der Waals surface area contributed by atoms with E-state index >= 15 is 0 Å². The first-order chi connectivity index (χ1) is 18.5. The number of aryl methyl sites for hydroxylation is 1. The number of hydrogen-bond acceptors (Lipinski definition) is 6. The van der Waals surface area contributed by atoms with Gasteiger partial charge in [0, 0.05) is 26.1 Å². The van der Waals surface area contributed by atoms with Gasteiger partial charge in [0.15, 0.2) is 12.3 Å². The van der Waals surface area contributed by atoms with E-state index in [0.717, 1.165) is 43.2 Å². The highest BCUT2D eigenvalue weighted by Crippen LogP contribution is 2.40. The smallest absolute Gasteiger partial charge is 0.273 e. The Bertz CT molecular complexity index is 1280. The minimum atomic E-state index is -0.321. The Morgan fingerprint density at radius 1 is 1.16 bits per heavy atom. The Morgan fingerprint density at radius 2 is 2.00 bits per heavy atom. The fourth-order valence-electron chi connectivity index (χ4n) is 5.51. The molecule has 2 amide bonds.